The van der Waals surface area contributed by atoms with Gasteiger partial charge in [0.1, 0.15) is 0 Å². The summed E-state index contributed by atoms with van der Waals surface area (Å²) in [5.74, 6) is 0. The number of hydrogen-bond donors (Lipinski definition) is 1. The van der Waals surface area contributed by atoms with Gasteiger partial charge in [0.05, 0.1) is 22.6 Å². The Morgan fingerprint density at radius 3 is 1.53 bits per heavy atom. The fourth-order valence-electron chi connectivity index (χ4n) is 8.40. The Morgan fingerprint density at radius 2 is 0.855 bits per heavy atom. The molecule has 0 bridgehead atoms. The summed E-state index contributed by atoms with van der Waals surface area (Å²) >= 11 is 0. The minimum atomic E-state index is 0.789. The Morgan fingerprint density at radius 1 is 0.345 bits per heavy atom. The summed E-state index contributed by atoms with van der Waals surface area (Å²) in [5, 5.41) is 5.00. The molecule has 0 radical (unpaired) electrons. The van der Waals surface area contributed by atoms with Crippen LogP contribution < -0.4 is 4.90 Å². The molecule has 260 valence electrons. The Labute approximate surface area is 321 Å². The van der Waals surface area contributed by atoms with Crippen LogP contribution in [0.25, 0.3) is 66.0 Å². The molecule has 10 aromatic rings. The molecule has 2 nitrogen and oxygen atoms in total. The molecule has 0 aliphatic heterocycles. The summed E-state index contributed by atoms with van der Waals surface area (Å²) in [5.41, 5.74) is 15.3. The number of aromatic amines is 1. The summed E-state index contributed by atoms with van der Waals surface area (Å²) in [6.07, 6.45) is 0.789. The van der Waals surface area contributed by atoms with Crippen LogP contribution in [0, 0.1) is 0 Å². The number of hydrogen-bond acceptors (Lipinski definition) is 1. The van der Waals surface area contributed by atoms with Crippen molar-refractivity contribution in [2.75, 3.05) is 4.90 Å². The molecule has 0 saturated heterocycles. The van der Waals surface area contributed by atoms with Crippen LogP contribution in [0.4, 0.5) is 17.1 Å². The fourth-order valence-corrected chi connectivity index (χ4v) is 8.40. The topological polar surface area (TPSA) is 19.0 Å². The largest absolute Gasteiger partial charge is 0.354 e. The lowest BCUT2D eigenvalue weighted by Crippen LogP contribution is -2.14. The van der Waals surface area contributed by atoms with Gasteiger partial charge in [0, 0.05) is 38.5 Å². The van der Waals surface area contributed by atoms with E-state index in [1.54, 1.807) is 0 Å². The molecule has 0 aliphatic rings. The number of para-hydroxylation sites is 4. The third-order valence-electron chi connectivity index (χ3n) is 10.9. The van der Waals surface area contributed by atoms with Crippen LogP contribution in [-0.2, 0) is 6.42 Å². The van der Waals surface area contributed by atoms with E-state index < -0.39 is 0 Å². The maximum atomic E-state index is 3.91. The molecule has 9 aromatic carbocycles. The minimum absolute atomic E-state index is 0.789. The van der Waals surface area contributed by atoms with Crippen molar-refractivity contribution in [1.29, 1.82) is 0 Å². The molecule has 0 spiro atoms. The highest BCUT2D eigenvalue weighted by Gasteiger charge is 2.25. The standard InChI is InChI=1S/C53H38N2/c1-3-18-38(19-4-1)43-26-10-14-31-49(43)55(50-32-15-11-27-44(50)39-20-5-2-6-21-39)51-33-16-12-29-47(51)52-41(36-40-24-17-23-37-22-7-8-25-42(37)40)34-35-46-45-28-9-13-30-48(45)54-53(46)52/h1-35,54H,36H2. The quantitative estimate of drug-likeness (QED) is 0.167. The van der Waals surface area contributed by atoms with E-state index in [4.69, 9.17) is 0 Å². The van der Waals surface area contributed by atoms with E-state index in [-0.39, 0.29) is 0 Å². The molecular weight excluding hydrogens is 665 g/mol. The molecular formula is C53H38N2. The molecule has 1 heterocycles. The first kappa shape index (κ1) is 32.5. The van der Waals surface area contributed by atoms with Gasteiger partial charge in [0.25, 0.3) is 0 Å². The average Bonchev–Trinajstić information content (AvgIpc) is 3.64. The predicted molar refractivity (Wildman–Crippen MR) is 234 cm³/mol. The summed E-state index contributed by atoms with van der Waals surface area (Å²) in [6, 6.07) is 76.9. The lowest BCUT2D eigenvalue weighted by atomic mass is 9.89. The van der Waals surface area contributed by atoms with Crippen LogP contribution in [0.15, 0.2) is 212 Å². The molecule has 10 rings (SSSR count). The highest BCUT2D eigenvalue weighted by atomic mass is 15.1. The zero-order valence-corrected chi connectivity index (χ0v) is 30.4. The molecule has 0 saturated carbocycles. The zero-order chi connectivity index (χ0) is 36.6. The molecule has 0 amide bonds. The van der Waals surface area contributed by atoms with Gasteiger partial charge in [-0.15, -0.1) is 0 Å². The van der Waals surface area contributed by atoms with Gasteiger partial charge in [0.2, 0.25) is 0 Å². The number of H-pyrrole nitrogens is 1. The van der Waals surface area contributed by atoms with Crippen molar-refractivity contribution < 1.29 is 0 Å². The summed E-state index contributed by atoms with van der Waals surface area (Å²) in [4.78, 5) is 6.40. The van der Waals surface area contributed by atoms with E-state index in [1.165, 1.54) is 66.1 Å². The molecule has 0 atom stereocenters. The molecule has 2 heteroatoms. The second kappa shape index (κ2) is 14.0. The van der Waals surface area contributed by atoms with Gasteiger partial charge in [-0.05, 0) is 63.7 Å². The second-order valence-electron chi connectivity index (χ2n) is 14.1. The first-order chi connectivity index (χ1) is 27.3. The number of rotatable bonds is 8. The maximum Gasteiger partial charge on any atom is 0.0548 e. The smallest absolute Gasteiger partial charge is 0.0548 e. The van der Waals surface area contributed by atoms with E-state index in [2.05, 4.69) is 222 Å². The van der Waals surface area contributed by atoms with Gasteiger partial charge < -0.3 is 9.88 Å². The Balaban J connectivity index is 1.28. The molecule has 1 aromatic heterocycles. The summed E-state index contributed by atoms with van der Waals surface area (Å²) < 4.78 is 0. The summed E-state index contributed by atoms with van der Waals surface area (Å²) in [7, 11) is 0. The zero-order valence-electron chi connectivity index (χ0n) is 30.4. The van der Waals surface area contributed by atoms with E-state index in [9.17, 15) is 0 Å². The summed E-state index contributed by atoms with van der Waals surface area (Å²) in [6.45, 7) is 0. The van der Waals surface area contributed by atoms with E-state index in [0.717, 1.165) is 34.5 Å². The first-order valence-electron chi connectivity index (χ1n) is 19.0. The normalized spacial score (nSPS) is 11.3. The van der Waals surface area contributed by atoms with Gasteiger partial charge in [-0.3, -0.25) is 0 Å². The number of nitrogens with zero attached hydrogens (tertiary/aromatic N) is 1. The monoisotopic (exact) mass is 702 g/mol. The van der Waals surface area contributed by atoms with Crippen molar-refractivity contribution in [1.82, 2.24) is 4.98 Å². The van der Waals surface area contributed by atoms with Crippen molar-refractivity contribution in [3.63, 3.8) is 0 Å². The lowest BCUT2D eigenvalue weighted by Gasteiger charge is -2.32. The van der Waals surface area contributed by atoms with Crippen molar-refractivity contribution in [2.45, 2.75) is 6.42 Å². The van der Waals surface area contributed by atoms with Crippen LogP contribution >= 0.6 is 0 Å². The predicted octanol–water partition coefficient (Wildman–Crippen LogP) is 14.5. The maximum absolute atomic E-state index is 3.91. The number of benzene rings is 9. The lowest BCUT2D eigenvalue weighted by molar-refractivity contribution is 1.21. The van der Waals surface area contributed by atoms with Gasteiger partial charge in [-0.25, -0.2) is 0 Å². The SMILES string of the molecule is c1ccc(-c2ccccc2N(c2ccccc2-c2ccccc2)c2ccccc2-c2c(Cc3cccc4ccccc34)ccc3c2[nH]c2ccccc23)cc1. The van der Waals surface area contributed by atoms with E-state index in [1.807, 2.05) is 0 Å². The number of anilines is 3. The number of aromatic nitrogens is 1. The Kier molecular flexibility index (Phi) is 8.27. The molecule has 55 heavy (non-hydrogen) atoms. The van der Waals surface area contributed by atoms with Crippen molar-refractivity contribution in [3.05, 3.63) is 223 Å². The third kappa shape index (κ3) is 5.85. The number of nitrogens with one attached hydrogen (secondary N) is 1. The van der Waals surface area contributed by atoms with E-state index in [0.29, 0.717) is 0 Å². The Bertz CT molecular complexity index is 2870. The second-order valence-corrected chi connectivity index (χ2v) is 14.1. The van der Waals surface area contributed by atoms with Gasteiger partial charge in [-0.2, -0.15) is 0 Å². The third-order valence-corrected chi connectivity index (χ3v) is 10.9. The molecule has 0 aliphatic carbocycles. The van der Waals surface area contributed by atoms with Crippen LogP contribution in [0.2, 0.25) is 0 Å². The van der Waals surface area contributed by atoms with E-state index >= 15 is 0 Å². The fraction of sp³-hybridized carbons (Fsp3) is 0.0189. The van der Waals surface area contributed by atoms with Crippen molar-refractivity contribution in [2.24, 2.45) is 0 Å². The molecule has 0 fully saturated rings. The van der Waals surface area contributed by atoms with Crippen LogP contribution in [-0.4, -0.2) is 4.98 Å². The number of fused-ring (bicyclic) bond motifs is 4. The highest BCUT2D eigenvalue weighted by molar-refractivity contribution is 6.14. The van der Waals surface area contributed by atoms with Gasteiger partial charge >= 0.3 is 0 Å². The van der Waals surface area contributed by atoms with Crippen molar-refractivity contribution in [3.8, 4) is 33.4 Å². The molecule has 0 unspecified atom stereocenters. The van der Waals surface area contributed by atoms with Crippen LogP contribution in [0.5, 0.6) is 0 Å². The van der Waals surface area contributed by atoms with Gasteiger partial charge in [0.15, 0.2) is 0 Å². The highest BCUT2D eigenvalue weighted by Crippen LogP contribution is 2.49. The molecule has 1 N–H and O–H groups in total. The van der Waals surface area contributed by atoms with Crippen LogP contribution in [0.3, 0.4) is 0 Å². The minimum Gasteiger partial charge on any atom is -0.354 e. The van der Waals surface area contributed by atoms with Crippen molar-refractivity contribution >= 4 is 49.6 Å². The Hall–Kier alpha value is -7.16. The average molecular weight is 703 g/mol. The van der Waals surface area contributed by atoms with Crippen LogP contribution in [0.1, 0.15) is 11.1 Å². The first-order valence-corrected chi connectivity index (χ1v) is 19.0. The van der Waals surface area contributed by atoms with Gasteiger partial charge in [-0.1, -0.05) is 188 Å².